The van der Waals surface area contributed by atoms with Crippen LogP contribution in [-0.2, 0) is 19.3 Å². The summed E-state index contributed by atoms with van der Waals surface area (Å²) in [6, 6.07) is 4.18. The average molecular weight is 557 g/mol. The Hall–Kier alpha value is -1.41. The van der Waals surface area contributed by atoms with Crippen LogP contribution in [0.15, 0.2) is 28.6 Å². The van der Waals surface area contributed by atoms with Gasteiger partial charge in [0, 0.05) is 29.6 Å². The molecule has 5 nitrogen and oxygen atoms in total. The first-order valence-electron chi connectivity index (χ1n) is 7.38. The van der Waals surface area contributed by atoms with Gasteiger partial charge in [-0.2, -0.15) is 22.0 Å². The Morgan fingerprint density at radius 1 is 1.29 bits per heavy atom. The lowest BCUT2D eigenvalue weighted by Gasteiger charge is -2.14. The maximum Gasteiger partial charge on any atom is 0.434 e. The minimum absolute atomic E-state index is 0. The van der Waals surface area contributed by atoms with E-state index < -0.39 is 18.5 Å². The Morgan fingerprint density at radius 2 is 1.96 bits per heavy atom. The van der Waals surface area contributed by atoms with E-state index in [1.165, 1.54) is 25.2 Å². The second kappa shape index (κ2) is 11.0. The summed E-state index contributed by atoms with van der Waals surface area (Å²) in [6.45, 7) is -2.93. The van der Waals surface area contributed by atoms with Gasteiger partial charge in [0.25, 0.3) is 0 Å². The average Bonchev–Trinajstić information content (AvgIpc) is 3.06. The molecule has 0 unspecified atom stereocenters. The van der Waals surface area contributed by atoms with Crippen molar-refractivity contribution in [3.63, 3.8) is 0 Å². The zero-order valence-corrected chi connectivity index (χ0v) is 18.1. The van der Waals surface area contributed by atoms with Crippen LogP contribution in [-0.4, -0.2) is 24.6 Å². The summed E-state index contributed by atoms with van der Waals surface area (Å²) in [7, 11) is 1.45. The van der Waals surface area contributed by atoms with Crippen molar-refractivity contribution in [2.75, 3.05) is 7.05 Å². The number of aliphatic imine (C=N–C) groups is 1. The van der Waals surface area contributed by atoms with E-state index in [1.807, 2.05) is 0 Å². The molecule has 2 rings (SSSR count). The first-order valence-corrected chi connectivity index (χ1v) is 8.64. The lowest BCUT2D eigenvalue weighted by Crippen LogP contribution is -2.36. The molecule has 2 N–H and O–H groups in total. The van der Waals surface area contributed by atoms with Gasteiger partial charge in [0.1, 0.15) is 10.8 Å². The number of thiazole rings is 1. The predicted molar refractivity (Wildman–Crippen MR) is 108 cm³/mol. The smallest absolute Gasteiger partial charge is 0.434 e. The topological polar surface area (TPSA) is 58.5 Å². The van der Waals surface area contributed by atoms with Crippen molar-refractivity contribution in [1.29, 1.82) is 0 Å². The number of guanidine groups is 1. The number of aromatic nitrogens is 1. The molecule has 13 heteroatoms. The molecule has 1 aromatic heterocycles. The molecule has 0 saturated heterocycles. The van der Waals surface area contributed by atoms with E-state index in [4.69, 9.17) is 11.6 Å². The number of hydrogen-bond acceptors (Lipinski definition) is 4. The van der Waals surface area contributed by atoms with E-state index in [0.29, 0.717) is 10.6 Å². The molecule has 0 aliphatic carbocycles. The molecular weight excluding hydrogens is 542 g/mol. The Bertz CT molecular complexity index is 803. The van der Waals surface area contributed by atoms with Crippen molar-refractivity contribution in [2.24, 2.45) is 4.99 Å². The highest BCUT2D eigenvalue weighted by Gasteiger charge is 2.33. The Kier molecular flexibility index (Phi) is 9.63. The monoisotopic (exact) mass is 556 g/mol. The molecule has 28 heavy (non-hydrogen) atoms. The van der Waals surface area contributed by atoms with Crippen LogP contribution in [0, 0.1) is 0 Å². The van der Waals surface area contributed by atoms with Gasteiger partial charge in [-0.1, -0.05) is 11.6 Å². The van der Waals surface area contributed by atoms with E-state index in [0.717, 1.165) is 16.7 Å². The number of alkyl halides is 5. The van der Waals surface area contributed by atoms with Crippen LogP contribution in [0.4, 0.5) is 22.0 Å². The maximum atomic E-state index is 12.5. The molecule has 1 heterocycles. The summed E-state index contributed by atoms with van der Waals surface area (Å²) in [6.07, 6.45) is -4.50. The normalized spacial score (nSPS) is 11.9. The molecule has 0 radical (unpaired) electrons. The van der Waals surface area contributed by atoms with Crippen molar-refractivity contribution in [2.45, 2.75) is 25.9 Å². The second-order valence-electron chi connectivity index (χ2n) is 5.03. The third-order valence-electron chi connectivity index (χ3n) is 3.16. The molecular formula is C15H15ClF5IN4OS. The van der Waals surface area contributed by atoms with E-state index in [-0.39, 0.29) is 53.8 Å². The van der Waals surface area contributed by atoms with E-state index in [1.54, 1.807) is 0 Å². The van der Waals surface area contributed by atoms with Crippen LogP contribution in [0.2, 0.25) is 5.02 Å². The standard InChI is InChI=1S/C15H14ClF5N4OS.HI/c1-22-14(24-6-12-25-11(7-27-12)15(19,20)21)23-5-8-4-9(16)2-3-10(8)26-13(17)18;/h2-4,7,13H,5-6H2,1H3,(H2,22,23,24);1H. The van der Waals surface area contributed by atoms with Crippen LogP contribution >= 0.6 is 46.9 Å². The molecule has 156 valence electrons. The Balaban J connectivity index is 0.00000392. The SMILES string of the molecule is CN=C(NCc1nc(C(F)(F)F)cs1)NCc1cc(Cl)ccc1OC(F)F.I. The fraction of sp³-hybridized carbons (Fsp3) is 0.333. The van der Waals surface area contributed by atoms with Gasteiger partial charge in [-0.3, -0.25) is 4.99 Å². The first-order chi connectivity index (χ1) is 12.7. The lowest BCUT2D eigenvalue weighted by atomic mass is 10.2. The molecule has 0 aliphatic rings. The molecule has 0 amide bonds. The number of ether oxygens (including phenoxy) is 1. The first kappa shape index (κ1) is 24.6. The number of nitrogens with one attached hydrogen (secondary N) is 2. The molecule has 0 bridgehead atoms. The molecule has 1 aromatic carbocycles. The van der Waals surface area contributed by atoms with E-state index in [2.05, 4.69) is 25.3 Å². The minimum atomic E-state index is -4.50. The summed E-state index contributed by atoms with van der Waals surface area (Å²) in [4.78, 5) is 7.41. The van der Waals surface area contributed by atoms with Gasteiger partial charge >= 0.3 is 12.8 Å². The zero-order valence-electron chi connectivity index (χ0n) is 14.2. The largest absolute Gasteiger partial charge is 0.434 e. The van der Waals surface area contributed by atoms with Gasteiger partial charge in [0.15, 0.2) is 11.7 Å². The van der Waals surface area contributed by atoms with Gasteiger partial charge in [0.05, 0.1) is 6.54 Å². The van der Waals surface area contributed by atoms with Crippen molar-refractivity contribution >= 4 is 52.9 Å². The van der Waals surface area contributed by atoms with Crippen molar-refractivity contribution in [3.05, 3.63) is 44.9 Å². The molecule has 0 atom stereocenters. The highest BCUT2D eigenvalue weighted by Crippen LogP contribution is 2.30. The summed E-state index contributed by atoms with van der Waals surface area (Å²) < 4.78 is 67.0. The molecule has 0 spiro atoms. The molecule has 2 aromatic rings. The van der Waals surface area contributed by atoms with Gasteiger partial charge in [0.2, 0.25) is 0 Å². The third kappa shape index (κ3) is 7.54. The van der Waals surface area contributed by atoms with Crippen molar-refractivity contribution < 1.29 is 26.7 Å². The molecule has 0 fully saturated rings. The van der Waals surface area contributed by atoms with Gasteiger partial charge < -0.3 is 15.4 Å². The predicted octanol–water partition coefficient (Wildman–Crippen LogP) is 4.90. The van der Waals surface area contributed by atoms with Crippen molar-refractivity contribution in [3.8, 4) is 5.75 Å². The van der Waals surface area contributed by atoms with Gasteiger partial charge in [-0.25, -0.2) is 4.98 Å². The zero-order chi connectivity index (χ0) is 20.0. The van der Waals surface area contributed by atoms with E-state index in [9.17, 15) is 22.0 Å². The quantitative estimate of drug-likeness (QED) is 0.230. The number of benzene rings is 1. The summed E-state index contributed by atoms with van der Waals surface area (Å²) in [5.41, 5.74) is -0.598. The fourth-order valence-electron chi connectivity index (χ4n) is 1.98. The third-order valence-corrected chi connectivity index (χ3v) is 4.24. The highest BCUT2D eigenvalue weighted by molar-refractivity contribution is 14.0. The summed E-state index contributed by atoms with van der Waals surface area (Å²) in [5.74, 6) is 0.189. The van der Waals surface area contributed by atoms with Crippen molar-refractivity contribution in [1.82, 2.24) is 15.6 Å². The van der Waals surface area contributed by atoms with E-state index >= 15 is 0 Å². The second-order valence-corrected chi connectivity index (χ2v) is 6.41. The summed E-state index contributed by atoms with van der Waals surface area (Å²) >= 11 is 6.72. The van der Waals surface area contributed by atoms with Gasteiger partial charge in [-0.05, 0) is 18.2 Å². The van der Waals surface area contributed by atoms with Crippen LogP contribution in [0.3, 0.4) is 0 Å². The lowest BCUT2D eigenvalue weighted by molar-refractivity contribution is -0.140. The number of nitrogens with zero attached hydrogens (tertiary/aromatic N) is 2. The van der Waals surface area contributed by atoms with Crippen LogP contribution in [0.25, 0.3) is 0 Å². The fourth-order valence-corrected chi connectivity index (χ4v) is 2.91. The number of rotatable bonds is 6. The number of halogens is 7. The maximum absolute atomic E-state index is 12.5. The van der Waals surface area contributed by atoms with Gasteiger partial charge in [-0.15, -0.1) is 35.3 Å². The Morgan fingerprint density at radius 3 is 2.54 bits per heavy atom. The molecule has 0 saturated carbocycles. The summed E-state index contributed by atoms with van der Waals surface area (Å²) in [5, 5.41) is 7.11. The van der Waals surface area contributed by atoms with Crippen LogP contribution in [0.1, 0.15) is 16.3 Å². The number of hydrogen-bond donors (Lipinski definition) is 2. The molecule has 0 aliphatic heterocycles. The Labute approximate surface area is 183 Å². The van der Waals surface area contributed by atoms with Crippen LogP contribution < -0.4 is 15.4 Å². The highest BCUT2D eigenvalue weighted by atomic mass is 127. The van der Waals surface area contributed by atoms with Crippen LogP contribution in [0.5, 0.6) is 5.75 Å². The minimum Gasteiger partial charge on any atom is -0.434 e.